The average Bonchev–Trinajstić information content (AvgIpc) is 2.60. The topological polar surface area (TPSA) is 66.8 Å². The van der Waals surface area contributed by atoms with E-state index in [-0.39, 0.29) is 25.2 Å². The molecular weight excluding hydrogens is 328 g/mol. The van der Waals surface area contributed by atoms with Crippen molar-refractivity contribution in [1.29, 1.82) is 0 Å². The van der Waals surface area contributed by atoms with Crippen LogP contribution in [0, 0.1) is 0 Å². The molecule has 1 atom stereocenters. The van der Waals surface area contributed by atoms with E-state index in [1.165, 1.54) is 0 Å². The number of Topliss-reactive ketones (excluding diaryl/α,β-unsaturated/α-hetero) is 1. The molecule has 0 bridgehead atoms. The lowest BCUT2D eigenvalue weighted by Gasteiger charge is -2.12. The summed E-state index contributed by atoms with van der Waals surface area (Å²) in [4.78, 5) is 12.3. The first-order chi connectivity index (χ1) is 11.5. The number of ether oxygens (including phenoxy) is 1. The van der Waals surface area contributed by atoms with Crippen LogP contribution in [0.5, 0.6) is 0 Å². The number of methoxy groups -OCH3 is 1. The summed E-state index contributed by atoms with van der Waals surface area (Å²) in [5.74, 6) is -0.0671. The Hall–Kier alpha value is -1.72. The summed E-state index contributed by atoms with van der Waals surface area (Å²) in [6, 6.07) is 13.0. The molecule has 24 heavy (non-hydrogen) atoms. The van der Waals surface area contributed by atoms with Crippen molar-refractivity contribution in [2.24, 2.45) is 0 Å². The zero-order valence-corrected chi connectivity index (χ0v) is 14.3. The van der Waals surface area contributed by atoms with Gasteiger partial charge in [-0.1, -0.05) is 35.9 Å². The number of carbonyl (C=O) groups excluding carboxylic acids is 1. The van der Waals surface area contributed by atoms with Gasteiger partial charge in [-0.3, -0.25) is 4.79 Å². The fourth-order valence-corrected chi connectivity index (χ4v) is 2.61. The van der Waals surface area contributed by atoms with Crippen molar-refractivity contribution in [1.82, 2.24) is 0 Å². The van der Waals surface area contributed by atoms with Crippen LogP contribution in [0.15, 0.2) is 42.5 Å². The van der Waals surface area contributed by atoms with Crippen LogP contribution in [-0.4, -0.2) is 35.8 Å². The van der Waals surface area contributed by atoms with Crippen LogP contribution in [0.1, 0.15) is 28.8 Å². The van der Waals surface area contributed by atoms with Crippen LogP contribution in [0.2, 0.25) is 5.02 Å². The highest BCUT2D eigenvalue weighted by Crippen LogP contribution is 2.27. The van der Waals surface area contributed by atoms with Crippen molar-refractivity contribution < 1.29 is 19.7 Å². The van der Waals surface area contributed by atoms with Gasteiger partial charge in [-0.15, -0.1) is 0 Å². The third-order valence-corrected chi connectivity index (χ3v) is 4.05. The number of benzene rings is 2. The highest BCUT2D eigenvalue weighted by molar-refractivity contribution is 6.30. The van der Waals surface area contributed by atoms with Crippen LogP contribution in [-0.2, 0) is 11.3 Å². The van der Waals surface area contributed by atoms with Crippen molar-refractivity contribution >= 4 is 17.4 Å². The number of aliphatic hydroxyl groups excluding tert-OH is 2. The Morgan fingerprint density at radius 1 is 1.21 bits per heavy atom. The minimum atomic E-state index is -0.860. The molecule has 1 unspecified atom stereocenters. The average molecular weight is 349 g/mol. The summed E-state index contributed by atoms with van der Waals surface area (Å²) in [5.41, 5.74) is 3.47. The number of aliphatic hydroxyl groups is 2. The molecule has 2 rings (SSSR count). The van der Waals surface area contributed by atoms with Gasteiger partial charge < -0.3 is 14.9 Å². The van der Waals surface area contributed by atoms with Gasteiger partial charge in [0.15, 0.2) is 5.78 Å². The van der Waals surface area contributed by atoms with E-state index in [1.807, 2.05) is 36.4 Å². The minimum absolute atomic E-state index is 0.0671. The highest BCUT2D eigenvalue weighted by Gasteiger charge is 2.13. The van der Waals surface area contributed by atoms with Gasteiger partial charge in [0, 0.05) is 24.1 Å². The van der Waals surface area contributed by atoms with Gasteiger partial charge >= 0.3 is 0 Å². The number of rotatable bonds is 8. The third-order valence-electron chi connectivity index (χ3n) is 3.80. The summed E-state index contributed by atoms with van der Waals surface area (Å²) in [7, 11) is 1.61. The number of halogens is 1. The van der Waals surface area contributed by atoms with E-state index >= 15 is 0 Å². The van der Waals surface area contributed by atoms with Crippen LogP contribution in [0.25, 0.3) is 11.1 Å². The smallest absolute Gasteiger partial charge is 0.162 e. The number of hydrogen-bond acceptors (Lipinski definition) is 4. The van der Waals surface area contributed by atoms with Crippen molar-refractivity contribution in [3.8, 4) is 11.1 Å². The lowest BCUT2D eigenvalue weighted by Crippen LogP contribution is -2.14. The molecule has 0 saturated heterocycles. The second-order valence-corrected chi connectivity index (χ2v) is 6.05. The molecule has 0 aliphatic carbocycles. The Morgan fingerprint density at radius 3 is 2.54 bits per heavy atom. The van der Waals surface area contributed by atoms with Gasteiger partial charge in [-0.2, -0.15) is 0 Å². The molecule has 0 amide bonds. The first-order valence-corrected chi connectivity index (χ1v) is 8.13. The molecule has 0 aliphatic heterocycles. The normalized spacial score (nSPS) is 12.2. The molecule has 0 aliphatic rings. The van der Waals surface area contributed by atoms with Crippen LogP contribution in [0.4, 0.5) is 0 Å². The lowest BCUT2D eigenvalue weighted by atomic mass is 9.95. The molecule has 0 radical (unpaired) electrons. The molecule has 4 nitrogen and oxygen atoms in total. The van der Waals surface area contributed by atoms with Crippen molar-refractivity contribution in [3.63, 3.8) is 0 Å². The van der Waals surface area contributed by atoms with Crippen molar-refractivity contribution in [2.45, 2.75) is 25.6 Å². The van der Waals surface area contributed by atoms with Crippen molar-refractivity contribution in [2.75, 3.05) is 13.7 Å². The lowest BCUT2D eigenvalue weighted by molar-refractivity contribution is 0.0779. The molecule has 0 fully saturated rings. The Bertz CT molecular complexity index is 682. The molecular formula is C19H21ClO4. The Kier molecular flexibility index (Phi) is 6.94. The van der Waals surface area contributed by atoms with Crippen LogP contribution in [0.3, 0.4) is 0 Å². The molecule has 0 aromatic heterocycles. The number of hydrogen-bond donors (Lipinski definition) is 2. The first kappa shape index (κ1) is 18.6. The summed E-state index contributed by atoms with van der Waals surface area (Å²) in [5, 5.41) is 18.9. The standard InChI is InChI=1S/C19H21ClO4/c1-24-12-15-10-14(19(23)9-7-17(22)11-21)4-8-18(15)13-2-5-16(20)6-3-13/h2-6,8,10,17,21-22H,7,9,11-12H2,1H3. The van der Waals surface area contributed by atoms with Gasteiger partial charge in [0.1, 0.15) is 0 Å². The second kappa shape index (κ2) is 8.94. The number of carbonyl (C=O) groups is 1. The van der Waals surface area contributed by atoms with E-state index in [4.69, 9.17) is 21.4 Å². The Balaban J connectivity index is 2.25. The highest BCUT2D eigenvalue weighted by atomic mass is 35.5. The zero-order valence-electron chi connectivity index (χ0n) is 13.5. The number of ketones is 1. The van der Waals surface area contributed by atoms with Crippen LogP contribution >= 0.6 is 11.6 Å². The maximum atomic E-state index is 12.3. The largest absolute Gasteiger partial charge is 0.394 e. The monoisotopic (exact) mass is 348 g/mol. The summed E-state index contributed by atoms with van der Waals surface area (Å²) in [6.07, 6.45) is -0.428. The molecule has 5 heteroatoms. The Labute approximate surface area is 146 Å². The summed E-state index contributed by atoms with van der Waals surface area (Å²) < 4.78 is 5.25. The maximum absolute atomic E-state index is 12.3. The van der Waals surface area contributed by atoms with Gasteiger partial charge in [0.25, 0.3) is 0 Å². The maximum Gasteiger partial charge on any atom is 0.162 e. The van der Waals surface area contributed by atoms with E-state index in [9.17, 15) is 9.90 Å². The van der Waals surface area contributed by atoms with E-state index in [1.54, 1.807) is 13.2 Å². The van der Waals surface area contributed by atoms with E-state index in [0.717, 1.165) is 16.7 Å². The van der Waals surface area contributed by atoms with E-state index in [2.05, 4.69) is 0 Å². The molecule has 0 saturated carbocycles. The van der Waals surface area contributed by atoms with Gasteiger partial charge in [0.05, 0.1) is 19.3 Å². The molecule has 2 aromatic carbocycles. The molecule has 0 spiro atoms. The third kappa shape index (κ3) is 4.89. The Morgan fingerprint density at radius 2 is 1.92 bits per heavy atom. The molecule has 2 N–H and O–H groups in total. The van der Waals surface area contributed by atoms with Gasteiger partial charge in [-0.25, -0.2) is 0 Å². The summed E-state index contributed by atoms with van der Waals surface area (Å²) >= 11 is 5.93. The summed E-state index contributed by atoms with van der Waals surface area (Å²) in [6.45, 7) is 0.0516. The molecule has 0 heterocycles. The predicted octanol–water partition coefficient (Wildman–Crippen LogP) is 3.47. The molecule has 2 aromatic rings. The predicted molar refractivity (Wildman–Crippen MR) is 94.3 cm³/mol. The van der Waals surface area contributed by atoms with Crippen LogP contribution < -0.4 is 0 Å². The van der Waals surface area contributed by atoms with E-state index < -0.39 is 6.10 Å². The fourth-order valence-electron chi connectivity index (χ4n) is 2.49. The SMILES string of the molecule is COCc1cc(C(=O)CCC(O)CO)ccc1-c1ccc(Cl)cc1. The van der Waals surface area contributed by atoms with Crippen molar-refractivity contribution in [3.05, 3.63) is 58.6 Å². The second-order valence-electron chi connectivity index (χ2n) is 5.61. The fraction of sp³-hybridized carbons (Fsp3) is 0.316. The molecule has 128 valence electrons. The van der Waals surface area contributed by atoms with Gasteiger partial charge in [0.2, 0.25) is 0 Å². The quantitative estimate of drug-likeness (QED) is 0.717. The zero-order chi connectivity index (χ0) is 17.5. The van der Waals surface area contributed by atoms with E-state index in [0.29, 0.717) is 17.2 Å². The van der Waals surface area contributed by atoms with Gasteiger partial charge in [-0.05, 0) is 41.3 Å². The minimum Gasteiger partial charge on any atom is -0.394 e. The first-order valence-electron chi connectivity index (χ1n) is 7.75.